The summed E-state index contributed by atoms with van der Waals surface area (Å²) in [5.74, 6) is -0.0676. The number of carboxylic acid groups (broad SMARTS) is 1. The predicted octanol–water partition coefficient (Wildman–Crippen LogP) is 0.477. The molecule has 4 nitrogen and oxygen atoms in total. The lowest BCUT2D eigenvalue weighted by Crippen LogP contribution is -2.26. The summed E-state index contributed by atoms with van der Waals surface area (Å²) in [4.78, 5) is 10.2. The van der Waals surface area contributed by atoms with Gasteiger partial charge in [-0.2, -0.15) is 0 Å². The molecule has 0 spiro atoms. The fourth-order valence-corrected chi connectivity index (χ4v) is 1.54. The van der Waals surface area contributed by atoms with Crippen molar-refractivity contribution >= 4 is 5.97 Å². The quantitative estimate of drug-likeness (QED) is 0.614. The Kier molecular flexibility index (Phi) is 4.78. The van der Waals surface area contributed by atoms with Gasteiger partial charge in [0.05, 0.1) is 6.54 Å². The van der Waals surface area contributed by atoms with Gasteiger partial charge in [0.25, 0.3) is 0 Å². The summed E-state index contributed by atoms with van der Waals surface area (Å²) in [5.41, 5.74) is 0. The highest BCUT2D eigenvalue weighted by atomic mass is 16.5. The highest BCUT2D eigenvalue weighted by Gasteiger charge is 2.12. The molecule has 1 fully saturated rings. The van der Waals surface area contributed by atoms with Crippen molar-refractivity contribution in [2.75, 3.05) is 26.3 Å². The minimum absolute atomic E-state index is 0.0726. The Morgan fingerprint density at radius 2 is 2.15 bits per heavy atom. The van der Waals surface area contributed by atoms with Gasteiger partial charge in [-0.15, -0.1) is 0 Å². The van der Waals surface area contributed by atoms with Crippen LogP contribution in [-0.4, -0.2) is 37.4 Å². The molecule has 0 amide bonds. The van der Waals surface area contributed by atoms with Crippen LogP contribution in [0.5, 0.6) is 0 Å². The monoisotopic (exact) mass is 187 g/mol. The fraction of sp³-hybridized carbons (Fsp3) is 0.889. The maximum atomic E-state index is 10.2. The number of ether oxygens (including phenoxy) is 1. The van der Waals surface area contributed by atoms with E-state index in [0.717, 1.165) is 44.9 Å². The molecule has 13 heavy (non-hydrogen) atoms. The fourth-order valence-electron chi connectivity index (χ4n) is 1.54. The zero-order chi connectivity index (χ0) is 9.52. The molecule has 1 aliphatic rings. The molecule has 0 aromatic heterocycles. The first-order valence-corrected chi connectivity index (χ1v) is 4.79. The van der Waals surface area contributed by atoms with E-state index in [1.807, 2.05) is 0 Å². The van der Waals surface area contributed by atoms with E-state index in [2.05, 4.69) is 5.32 Å². The topological polar surface area (TPSA) is 58.6 Å². The SMILES string of the molecule is O=C(O)CNCCC1CCOCC1. The van der Waals surface area contributed by atoms with Gasteiger partial charge in [-0.25, -0.2) is 0 Å². The van der Waals surface area contributed by atoms with Crippen molar-refractivity contribution in [1.82, 2.24) is 5.32 Å². The predicted molar refractivity (Wildman–Crippen MR) is 48.7 cm³/mol. The van der Waals surface area contributed by atoms with Crippen molar-refractivity contribution < 1.29 is 14.6 Å². The van der Waals surface area contributed by atoms with Gasteiger partial charge in [0, 0.05) is 13.2 Å². The van der Waals surface area contributed by atoms with Crippen LogP contribution >= 0.6 is 0 Å². The summed E-state index contributed by atoms with van der Waals surface area (Å²) < 4.78 is 5.23. The molecule has 0 saturated carbocycles. The first-order valence-electron chi connectivity index (χ1n) is 4.79. The third-order valence-corrected chi connectivity index (χ3v) is 2.35. The van der Waals surface area contributed by atoms with Crippen LogP contribution in [0.2, 0.25) is 0 Å². The van der Waals surface area contributed by atoms with Gasteiger partial charge in [0.1, 0.15) is 0 Å². The summed E-state index contributed by atoms with van der Waals surface area (Å²) in [6, 6.07) is 0. The van der Waals surface area contributed by atoms with E-state index in [-0.39, 0.29) is 6.54 Å². The Balaban J connectivity index is 1.95. The number of hydrogen-bond acceptors (Lipinski definition) is 3. The van der Waals surface area contributed by atoms with Crippen molar-refractivity contribution in [2.45, 2.75) is 19.3 Å². The van der Waals surface area contributed by atoms with Crippen LogP contribution in [0.3, 0.4) is 0 Å². The molecule has 1 aliphatic heterocycles. The lowest BCUT2D eigenvalue weighted by molar-refractivity contribution is -0.135. The van der Waals surface area contributed by atoms with E-state index in [4.69, 9.17) is 9.84 Å². The van der Waals surface area contributed by atoms with Gasteiger partial charge in [-0.3, -0.25) is 4.79 Å². The van der Waals surface area contributed by atoms with Crippen molar-refractivity contribution in [2.24, 2.45) is 5.92 Å². The lowest BCUT2D eigenvalue weighted by Gasteiger charge is -2.21. The molecule has 1 heterocycles. The molecule has 0 unspecified atom stereocenters. The highest BCUT2D eigenvalue weighted by Crippen LogP contribution is 2.17. The molecule has 2 N–H and O–H groups in total. The van der Waals surface area contributed by atoms with E-state index < -0.39 is 5.97 Å². The average Bonchev–Trinajstić information content (AvgIpc) is 2.14. The highest BCUT2D eigenvalue weighted by molar-refractivity contribution is 5.68. The second kappa shape index (κ2) is 5.94. The molecular weight excluding hydrogens is 170 g/mol. The zero-order valence-corrected chi connectivity index (χ0v) is 7.79. The Morgan fingerprint density at radius 1 is 1.46 bits per heavy atom. The first kappa shape index (κ1) is 10.5. The maximum Gasteiger partial charge on any atom is 0.317 e. The molecule has 1 rings (SSSR count). The van der Waals surface area contributed by atoms with E-state index in [0.29, 0.717) is 0 Å². The van der Waals surface area contributed by atoms with Crippen LogP contribution in [0.15, 0.2) is 0 Å². The second-order valence-electron chi connectivity index (χ2n) is 3.41. The van der Waals surface area contributed by atoms with E-state index in [1.165, 1.54) is 0 Å². The van der Waals surface area contributed by atoms with Crippen LogP contribution in [0.25, 0.3) is 0 Å². The number of rotatable bonds is 5. The molecule has 4 heteroatoms. The molecule has 0 bridgehead atoms. The van der Waals surface area contributed by atoms with Gasteiger partial charge in [0.15, 0.2) is 0 Å². The molecule has 0 radical (unpaired) electrons. The van der Waals surface area contributed by atoms with Crippen LogP contribution in [0.4, 0.5) is 0 Å². The summed E-state index contributed by atoms with van der Waals surface area (Å²) in [7, 11) is 0. The Labute approximate surface area is 78.3 Å². The van der Waals surface area contributed by atoms with Crippen LogP contribution in [0, 0.1) is 5.92 Å². The van der Waals surface area contributed by atoms with Crippen molar-refractivity contribution in [3.05, 3.63) is 0 Å². The second-order valence-corrected chi connectivity index (χ2v) is 3.41. The molecule has 0 aliphatic carbocycles. The minimum atomic E-state index is -0.785. The Hall–Kier alpha value is -0.610. The van der Waals surface area contributed by atoms with E-state index in [1.54, 1.807) is 0 Å². The lowest BCUT2D eigenvalue weighted by atomic mass is 9.97. The number of hydrogen-bond donors (Lipinski definition) is 2. The smallest absolute Gasteiger partial charge is 0.317 e. The minimum Gasteiger partial charge on any atom is -0.480 e. The summed E-state index contributed by atoms with van der Waals surface area (Å²) in [6.07, 6.45) is 3.31. The summed E-state index contributed by atoms with van der Waals surface area (Å²) in [5, 5.41) is 11.3. The summed E-state index contributed by atoms with van der Waals surface area (Å²) in [6.45, 7) is 2.60. The van der Waals surface area contributed by atoms with Crippen LogP contribution < -0.4 is 5.32 Å². The number of nitrogens with one attached hydrogen (secondary N) is 1. The first-order chi connectivity index (χ1) is 6.29. The normalized spacial score (nSPS) is 18.8. The van der Waals surface area contributed by atoms with E-state index >= 15 is 0 Å². The van der Waals surface area contributed by atoms with Crippen molar-refractivity contribution in [3.8, 4) is 0 Å². The number of carboxylic acids is 1. The molecule has 0 aromatic carbocycles. The molecule has 0 aromatic rings. The van der Waals surface area contributed by atoms with E-state index in [9.17, 15) is 4.79 Å². The van der Waals surface area contributed by atoms with Gasteiger partial charge < -0.3 is 15.2 Å². The molecule has 1 saturated heterocycles. The van der Waals surface area contributed by atoms with Gasteiger partial charge in [0.2, 0.25) is 0 Å². The Bertz CT molecular complexity index is 155. The number of carbonyl (C=O) groups is 1. The molecule has 76 valence electrons. The van der Waals surface area contributed by atoms with Crippen molar-refractivity contribution in [3.63, 3.8) is 0 Å². The van der Waals surface area contributed by atoms with Gasteiger partial charge in [-0.1, -0.05) is 0 Å². The average molecular weight is 187 g/mol. The third kappa shape index (κ3) is 4.85. The molecular formula is C9H17NO3. The largest absolute Gasteiger partial charge is 0.480 e. The van der Waals surface area contributed by atoms with Gasteiger partial charge >= 0.3 is 5.97 Å². The van der Waals surface area contributed by atoms with Crippen LogP contribution in [0.1, 0.15) is 19.3 Å². The van der Waals surface area contributed by atoms with Crippen molar-refractivity contribution in [1.29, 1.82) is 0 Å². The zero-order valence-electron chi connectivity index (χ0n) is 7.79. The molecule has 0 atom stereocenters. The maximum absolute atomic E-state index is 10.2. The number of aliphatic carboxylic acids is 1. The van der Waals surface area contributed by atoms with Gasteiger partial charge in [-0.05, 0) is 31.7 Å². The summed E-state index contributed by atoms with van der Waals surface area (Å²) >= 11 is 0. The van der Waals surface area contributed by atoms with Crippen LogP contribution in [-0.2, 0) is 9.53 Å². The Morgan fingerprint density at radius 3 is 2.77 bits per heavy atom. The third-order valence-electron chi connectivity index (χ3n) is 2.35. The standard InChI is InChI=1S/C9H17NO3/c11-9(12)7-10-4-1-8-2-5-13-6-3-8/h8,10H,1-7H2,(H,11,12).